The topological polar surface area (TPSA) is 38.5 Å². The summed E-state index contributed by atoms with van der Waals surface area (Å²) in [5.74, 6) is 0.749. The lowest BCUT2D eigenvalue weighted by atomic mass is 10.2. The number of benzene rings is 1. The number of hydrogen-bond donors (Lipinski definition) is 1. The molecule has 0 spiro atoms. The molecule has 3 nitrogen and oxygen atoms in total. The van der Waals surface area contributed by atoms with E-state index in [4.69, 9.17) is 10.5 Å². The minimum absolute atomic E-state index is 0.620. The maximum Gasteiger partial charge on any atom is 0.144 e. The van der Waals surface area contributed by atoms with Crippen LogP contribution in [0.5, 0.6) is 5.75 Å². The number of nitrogen functional groups attached to an aromatic ring is 1. The van der Waals surface area contributed by atoms with E-state index in [2.05, 4.69) is 32.3 Å². The van der Waals surface area contributed by atoms with Gasteiger partial charge in [0, 0.05) is 21.8 Å². The Bertz CT molecular complexity index is 556. The van der Waals surface area contributed by atoms with Crippen molar-refractivity contribution < 1.29 is 4.74 Å². The number of hydrogen-bond acceptors (Lipinski definition) is 4. The fourth-order valence-electron chi connectivity index (χ4n) is 1.90. The summed E-state index contributed by atoms with van der Waals surface area (Å²) < 4.78 is 6.65. The minimum atomic E-state index is 0.620. The highest BCUT2D eigenvalue weighted by molar-refractivity contribution is 9.10. The molecule has 19 heavy (non-hydrogen) atoms. The molecule has 0 fully saturated rings. The normalized spacial score (nSPS) is 10.5. The highest BCUT2D eigenvalue weighted by Crippen LogP contribution is 2.33. The van der Waals surface area contributed by atoms with E-state index >= 15 is 0 Å². The third-order valence-electron chi connectivity index (χ3n) is 2.77. The molecule has 1 aromatic heterocycles. The molecule has 0 bridgehead atoms. The van der Waals surface area contributed by atoms with Gasteiger partial charge in [0.25, 0.3) is 0 Å². The Morgan fingerprint density at radius 1 is 1.42 bits per heavy atom. The first kappa shape index (κ1) is 14.2. The van der Waals surface area contributed by atoms with E-state index in [1.807, 2.05) is 32.2 Å². The molecule has 0 saturated heterocycles. The van der Waals surface area contributed by atoms with Crippen LogP contribution in [0.15, 0.2) is 34.1 Å². The van der Waals surface area contributed by atoms with Gasteiger partial charge in [0.05, 0.1) is 24.5 Å². The molecular formula is C14H17BrN2OS. The molecule has 5 heteroatoms. The summed E-state index contributed by atoms with van der Waals surface area (Å²) in [5, 5.41) is 2.09. The Balaban J connectivity index is 2.18. The molecule has 1 aromatic carbocycles. The zero-order valence-electron chi connectivity index (χ0n) is 11.0. The zero-order chi connectivity index (χ0) is 13.8. The molecule has 0 aliphatic rings. The average molecular weight is 341 g/mol. The molecule has 2 N–H and O–H groups in total. The van der Waals surface area contributed by atoms with E-state index in [1.165, 1.54) is 4.88 Å². The van der Waals surface area contributed by atoms with Crippen LogP contribution in [0.25, 0.3) is 0 Å². The maximum atomic E-state index is 6.16. The van der Waals surface area contributed by atoms with Crippen molar-refractivity contribution in [3.05, 3.63) is 39.0 Å². The molecule has 0 aliphatic carbocycles. The SMILES string of the molecule is CCOc1cccc(N(C)Cc2cc(Br)cs2)c1N. The van der Waals surface area contributed by atoms with Crippen LogP contribution >= 0.6 is 27.3 Å². The molecule has 0 amide bonds. The number of rotatable bonds is 5. The third-order valence-corrected chi connectivity index (χ3v) is 4.45. The van der Waals surface area contributed by atoms with Crippen molar-refractivity contribution in [3.63, 3.8) is 0 Å². The molecule has 0 saturated carbocycles. The van der Waals surface area contributed by atoms with Gasteiger partial charge in [-0.05, 0) is 41.1 Å². The number of nitrogens with zero attached hydrogens (tertiary/aromatic N) is 1. The quantitative estimate of drug-likeness (QED) is 0.831. The largest absolute Gasteiger partial charge is 0.492 e. The van der Waals surface area contributed by atoms with Crippen molar-refractivity contribution in [2.24, 2.45) is 0 Å². The van der Waals surface area contributed by atoms with E-state index in [9.17, 15) is 0 Å². The number of nitrogens with two attached hydrogens (primary N) is 1. The summed E-state index contributed by atoms with van der Waals surface area (Å²) in [4.78, 5) is 3.42. The molecule has 0 unspecified atom stereocenters. The molecule has 102 valence electrons. The van der Waals surface area contributed by atoms with E-state index < -0.39 is 0 Å². The van der Waals surface area contributed by atoms with E-state index in [1.54, 1.807) is 11.3 Å². The second-order valence-electron chi connectivity index (χ2n) is 4.21. The lowest BCUT2D eigenvalue weighted by Gasteiger charge is -2.21. The lowest BCUT2D eigenvalue weighted by Crippen LogP contribution is -2.17. The fraction of sp³-hybridized carbons (Fsp3) is 0.286. The van der Waals surface area contributed by atoms with Gasteiger partial charge >= 0.3 is 0 Å². The zero-order valence-corrected chi connectivity index (χ0v) is 13.4. The number of ether oxygens (including phenoxy) is 1. The second-order valence-corrected chi connectivity index (χ2v) is 6.12. The molecule has 2 aromatic rings. The second kappa shape index (κ2) is 6.30. The number of anilines is 2. The summed E-state index contributed by atoms with van der Waals surface area (Å²) in [6.07, 6.45) is 0. The molecule has 0 aliphatic heterocycles. The van der Waals surface area contributed by atoms with Gasteiger partial charge in [-0.3, -0.25) is 0 Å². The Morgan fingerprint density at radius 2 is 2.21 bits per heavy atom. The van der Waals surface area contributed by atoms with Crippen molar-refractivity contribution in [3.8, 4) is 5.75 Å². The summed E-state index contributed by atoms with van der Waals surface area (Å²) in [6.45, 7) is 3.41. The average Bonchev–Trinajstić information content (AvgIpc) is 2.77. The molecule has 2 rings (SSSR count). The van der Waals surface area contributed by atoms with Crippen LogP contribution in [0.2, 0.25) is 0 Å². The van der Waals surface area contributed by atoms with Crippen LogP contribution in [0, 0.1) is 0 Å². The highest BCUT2D eigenvalue weighted by Gasteiger charge is 2.11. The van der Waals surface area contributed by atoms with Crippen molar-refractivity contribution in [2.45, 2.75) is 13.5 Å². The Labute approximate surface area is 126 Å². The van der Waals surface area contributed by atoms with Gasteiger partial charge in [0.15, 0.2) is 0 Å². The first-order chi connectivity index (χ1) is 9.11. The van der Waals surface area contributed by atoms with Gasteiger partial charge in [0.2, 0.25) is 0 Å². The Kier molecular flexibility index (Phi) is 4.71. The van der Waals surface area contributed by atoms with Gasteiger partial charge in [-0.25, -0.2) is 0 Å². The Morgan fingerprint density at radius 3 is 2.84 bits per heavy atom. The number of thiophene rings is 1. The number of halogens is 1. The molecule has 0 atom stereocenters. The first-order valence-corrected chi connectivity index (χ1v) is 7.74. The van der Waals surface area contributed by atoms with Crippen molar-refractivity contribution in [2.75, 3.05) is 24.3 Å². The van der Waals surface area contributed by atoms with E-state index in [0.717, 1.165) is 22.5 Å². The predicted molar refractivity (Wildman–Crippen MR) is 86.1 cm³/mol. The standard InChI is InChI=1S/C14H17BrN2OS/c1-3-18-13-6-4-5-12(14(13)16)17(2)8-11-7-10(15)9-19-11/h4-7,9H,3,8,16H2,1-2H3. The van der Waals surface area contributed by atoms with Gasteiger partial charge in [-0.15, -0.1) is 11.3 Å². The Hall–Kier alpha value is -1.20. The molecular weight excluding hydrogens is 324 g/mol. The minimum Gasteiger partial charge on any atom is -0.492 e. The lowest BCUT2D eigenvalue weighted by molar-refractivity contribution is 0.342. The maximum absolute atomic E-state index is 6.16. The summed E-state index contributed by atoms with van der Waals surface area (Å²) in [7, 11) is 2.04. The van der Waals surface area contributed by atoms with Crippen molar-refractivity contribution >= 4 is 38.6 Å². The van der Waals surface area contributed by atoms with E-state index in [0.29, 0.717) is 12.3 Å². The van der Waals surface area contributed by atoms with Crippen LogP contribution in [0.3, 0.4) is 0 Å². The third kappa shape index (κ3) is 3.42. The van der Waals surface area contributed by atoms with Gasteiger partial charge < -0.3 is 15.4 Å². The van der Waals surface area contributed by atoms with Gasteiger partial charge in [-0.1, -0.05) is 6.07 Å². The first-order valence-electron chi connectivity index (χ1n) is 6.07. The van der Waals surface area contributed by atoms with Crippen LogP contribution in [0.4, 0.5) is 11.4 Å². The van der Waals surface area contributed by atoms with Crippen LogP contribution in [0.1, 0.15) is 11.8 Å². The smallest absolute Gasteiger partial charge is 0.144 e. The van der Waals surface area contributed by atoms with E-state index in [-0.39, 0.29) is 0 Å². The fourth-order valence-corrected chi connectivity index (χ4v) is 3.41. The molecule has 0 radical (unpaired) electrons. The van der Waals surface area contributed by atoms with Crippen molar-refractivity contribution in [1.29, 1.82) is 0 Å². The monoisotopic (exact) mass is 340 g/mol. The van der Waals surface area contributed by atoms with Crippen molar-refractivity contribution in [1.82, 2.24) is 0 Å². The summed E-state index contributed by atoms with van der Waals surface area (Å²) >= 11 is 5.20. The van der Waals surface area contributed by atoms with Crippen LogP contribution < -0.4 is 15.4 Å². The highest BCUT2D eigenvalue weighted by atomic mass is 79.9. The van der Waals surface area contributed by atoms with Crippen LogP contribution in [-0.2, 0) is 6.54 Å². The molecule has 1 heterocycles. The number of para-hydroxylation sites is 1. The predicted octanol–water partition coefficient (Wildman–Crippen LogP) is 4.13. The summed E-state index contributed by atoms with van der Waals surface area (Å²) in [5.41, 5.74) is 7.85. The summed E-state index contributed by atoms with van der Waals surface area (Å²) in [6, 6.07) is 8.01. The van der Waals surface area contributed by atoms with Gasteiger partial charge in [0.1, 0.15) is 5.75 Å². The van der Waals surface area contributed by atoms with Gasteiger partial charge in [-0.2, -0.15) is 0 Å². The van der Waals surface area contributed by atoms with Crippen LogP contribution in [-0.4, -0.2) is 13.7 Å².